The van der Waals surface area contributed by atoms with Gasteiger partial charge in [-0.1, -0.05) is 30.3 Å². The van der Waals surface area contributed by atoms with Crippen LogP contribution in [0.2, 0.25) is 0 Å². The zero-order valence-electron chi connectivity index (χ0n) is 12.3. The van der Waals surface area contributed by atoms with E-state index in [1.54, 1.807) is 6.20 Å². The number of nitrogens with two attached hydrogens (primary N) is 1. The molecule has 5 heteroatoms. The molecule has 0 saturated carbocycles. The quantitative estimate of drug-likeness (QED) is 0.913. The average Bonchev–Trinajstić information content (AvgIpc) is 2.54. The molecule has 0 spiro atoms. The molecule has 1 aliphatic rings. The molecule has 1 heterocycles. The summed E-state index contributed by atoms with van der Waals surface area (Å²) in [6.07, 6.45) is 4.04. The summed E-state index contributed by atoms with van der Waals surface area (Å²) in [5.41, 5.74) is 9.40. The van der Waals surface area contributed by atoms with Crippen LogP contribution in [0.4, 0.5) is 10.5 Å². The fourth-order valence-electron chi connectivity index (χ4n) is 2.72. The summed E-state index contributed by atoms with van der Waals surface area (Å²) in [6, 6.07) is 11.4. The first-order valence-corrected chi connectivity index (χ1v) is 7.44. The van der Waals surface area contributed by atoms with Gasteiger partial charge in [0.05, 0.1) is 17.9 Å². The molecule has 3 N–H and O–H groups in total. The number of hydrogen-bond donors (Lipinski definition) is 2. The third-order valence-electron chi connectivity index (χ3n) is 3.81. The third-order valence-corrected chi connectivity index (χ3v) is 3.81. The fraction of sp³-hybridized carbons (Fsp3) is 0.294. The Morgan fingerprint density at radius 2 is 2.18 bits per heavy atom. The minimum Gasteiger partial charge on any atom is -0.445 e. The van der Waals surface area contributed by atoms with E-state index in [1.807, 2.05) is 36.4 Å². The van der Waals surface area contributed by atoms with Gasteiger partial charge in [0.2, 0.25) is 0 Å². The average molecular weight is 297 g/mol. The topological polar surface area (TPSA) is 77.2 Å². The Bertz CT molecular complexity index is 658. The number of ether oxygens (including phenoxy) is 1. The Kier molecular flexibility index (Phi) is 4.23. The lowest BCUT2D eigenvalue weighted by Crippen LogP contribution is -2.31. The van der Waals surface area contributed by atoms with Gasteiger partial charge in [-0.05, 0) is 36.5 Å². The molecule has 1 atom stereocenters. The predicted molar refractivity (Wildman–Crippen MR) is 84.1 cm³/mol. The standard InChI is InChI=1S/C17H19N3O2/c18-13-9-14-15(19-10-13)7-4-8-16(14)20-17(21)22-11-12-5-2-1-3-6-12/h1-3,5-6,9-10,16H,4,7-8,11,18H2,(H,20,21). The van der Waals surface area contributed by atoms with E-state index >= 15 is 0 Å². The van der Waals surface area contributed by atoms with Gasteiger partial charge in [0.15, 0.2) is 0 Å². The Morgan fingerprint density at radius 3 is 3.00 bits per heavy atom. The van der Waals surface area contributed by atoms with Crippen LogP contribution in [0.25, 0.3) is 0 Å². The first kappa shape index (κ1) is 14.4. The van der Waals surface area contributed by atoms with Crippen LogP contribution in [0, 0.1) is 0 Å². The molecule has 1 aromatic heterocycles. The van der Waals surface area contributed by atoms with Crippen molar-refractivity contribution in [3.05, 3.63) is 59.4 Å². The second-order valence-corrected chi connectivity index (χ2v) is 5.46. The SMILES string of the molecule is Nc1cnc2c(c1)C(NC(=O)OCc1ccccc1)CCC2. The van der Waals surface area contributed by atoms with Gasteiger partial charge in [0.1, 0.15) is 6.61 Å². The summed E-state index contributed by atoms with van der Waals surface area (Å²) in [6.45, 7) is 0.265. The minimum atomic E-state index is -0.413. The normalized spacial score (nSPS) is 16.6. The summed E-state index contributed by atoms with van der Waals surface area (Å²) >= 11 is 0. The number of amides is 1. The number of aryl methyl sites for hydroxylation is 1. The van der Waals surface area contributed by atoms with Gasteiger partial charge in [-0.3, -0.25) is 4.98 Å². The predicted octanol–water partition coefficient (Wildman–Crippen LogP) is 2.97. The molecule has 0 saturated heterocycles. The Hall–Kier alpha value is -2.56. The van der Waals surface area contributed by atoms with Gasteiger partial charge in [-0.25, -0.2) is 4.79 Å². The smallest absolute Gasteiger partial charge is 0.407 e. The van der Waals surface area contributed by atoms with Crippen molar-refractivity contribution < 1.29 is 9.53 Å². The van der Waals surface area contributed by atoms with E-state index in [0.717, 1.165) is 36.1 Å². The first-order chi connectivity index (χ1) is 10.7. The number of pyridine rings is 1. The molecule has 1 unspecified atom stereocenters. The van der Waals surface area contributed by atoms with Crippen molar-refractivity contribution in [3.8, 4) is 0 Å². The molecule has 1 amide bonds. The van der Waals surface area contributed by atoms with Crippen LogP contribution >= 0.6 is 0 Å². The number of carbonyl (C=O) groups excluding carboxylic acids is 1. The lowest BCUT2D eigenvalue weighted by Gasteiger charge is -2.25. The highest BCUT2D eigenvalue weighted by Gasteiger charge is 2.23. The van der Waals surface area contributed by atoms with Gasteiger partial charge in [0.25, 0.3) is 0 Å². The van der Waals surface area contributed by atoms with Crippen LogP contribution < -0.4 is 11.1 Å². The number of nitrogens with zero attached hydrogens (tertiary/aromatic N) is 1. The number of carbonyl (C=O) groups is 1. The molecule has 1 aromatic carbocycles. The van der Waals surface area contributed by atoms with Crippen LogP contribution in [0.3, 0.4) is 0 Å². The van der Waals surface area contributed by atoms with Crippen LogP contribution in [-0.2, 0) is 17.8 Å². The summed E-state index contributed by atoms with van der Waals surface area (Å²) < 4.78 is 5.27. The molecule has 0 fully saturated rings. The van der Waals surface area contributed by atoms with Crippen LogP contribution in [0.1, 0.15) is 35.7 Å². The van der Waals surface area contributed by atoms with Gasteiger partial charge < -0.3 is 15.8 Å². The molecule has 114 valence electrons. The van der Waals surface area contributed by atoms with Crippen molar-refractivity contribution >= 4 is 11.8 Å². The van der Waals surface area contributed by atoms with Gasteiger partial charge in [-0.2, -0.15) is 0 Å². The highest BCUT2D eigenvalue weighted by atomic mass is 16.5. The van der Waals surface area contributed by atoms with E-state index < -0.39 is 6.09 Å². The highest BCUT2D eigenvalue weighted by Crippen LogP contribution is 2.29. The fourth-order valence-corrected chi connectivity index (χ4v) is 2.72. The first-order valence-electron chi connectivity index (χ1n) is 7.44. The number of aromatic nitrogens is 1. The molecular formula is C17H19N3O2. The number of alkyl carbamates (subject to hydrolysis) is 1. The minimum absolute atomic E-state index is 0.0805. The summed E-state index contributed by atoms with van der Waals surface area (Å²) in [5.74, 6) is 0. The maximum atomic E-state index is 12.0. The van der Waals surface area contributed by atoms with E-state index in [9.17, 15) is 4.79 Å². The van der Waals surface area contributed by atoms with Crippen molar-refractivity contribution in [1.29, 1.82) is 0 Å². The number of anilines is 1. The molecular weight excluding hydrogens is 278 g/mol. The molecule has 22 heavy (non-hydrogen) atoms. The van der Waals surface area contributed by atoms with Gasteiger partial charge in [-0.15, -0.1) is 0 Å². The highest BCUT2D eigenvalue weighted by molar-refractivity contribution is 5.68. The van der Waals surface area contributed by atoms with Gasteiger partial charge in [0, 0.05) is 5.69 Å². The molecule has 0 radical (unpaired) electrons. The molecule has 5 nitrogen and oxygen atoms in total. The molecule has 0 bridgehead atoms. The maximum Gasteiger partial charge on any atom is 0.407 e. The van der Waals surface area contributed by atoms with Crippen molar-refractivity contribution in [2.75, 3.05) is 5.73 Å². The van der Waals surface area contributed by atoms with E-state index in [-0.39, 0.29) is 12.6 Å². The summed E-state index contributed by atoms with van der Waals surface area (Å²) in [7, 11) is 0. The van der Waals surface area contributed by atoms with E-state index in [1.165, 1.54) is 0 Å². The monoisotopic (exact) mass is 297 g/mol. The van der Waals surface area contributed by atoms with Crippen LogP contribution in [0.15, 0.2) is 42.6 Å². The zero-order valence-corrected chi connectivity index (χ0v) is 12.3. The van der Waals surface area contributed by atoms with Gasteiger partial charge >= 0.3 is 6.09 Å². The lowest BCUT2D eigenvalue weighted by atomic mass is 9.91. The summed E-state index contributed by atoms with van der Waals surface area (Å²) in [4.78, 5) is 16.3. The van der Waals surface area contributed by atoms with E-state index in [2.05, 4.69) is 10.3 Å². The van der Waals surface area contributed by atoms with Crippen molar-refractivity contribution in [1.82, 2.24) is 10.3 Å². The van der Waals surface area contributed by atoms with Crippen LogP contribution in [0.5, 0.6) is 0 Å². The largest absolute Gasteiger partial charge is 0.445 e. The number of rotatable bonds is 3. The molecule has 3 rings (SSSR count). The second-order valence-electron chi connectivity index (χ2n) is 5.46. The number of benzene rings is 1. The number of hydrogen-bond acceptors (Lipinski definition) is 4. The molecule has 2 aromatic rings. The molecule has 1 aliphatic carbocycles. The molecule has 0 aliphatic heterocycles. The third kappa shape index (κ3) is 3.36. The lowest BCUT2D eigenvalue weighted by molar-refractivity contribution is 0.134. The van der Waals surface area contributed by atoms with Crippen molar-refractivity contribution in [2.45, 2.75) is 31.9 Å². The zero-order chi connectivity index (χ0) is 15.4. The van der Waals surface area contributed by atoms with Crippen LogP contribution in [-0.4, -0.2) is 11.1 Å². The number of nitrogens with one attached hydrogen (secondary N) is 1. The second kappa shape index (κ2) is 6.47. The van der Waals surface area contributed by atoms with Crippen molar-refractivity contribution in [3.63, 3.8) is 0 Å². The summed E-state index contributed by atoms with van der Waals surface area (Å²) in [5, 5.41) is 2.92. The Labute approximate surface area is 129 Å². The Morgan fingerprint density at radius 1 is 1.36 bits per heavy atom. The van der Waals surface area contributed by atoms with Crippen molar-refractivity contribution in [2.24, 2.45) is 0 Å². The maximum absolute atomic E-state index is 12.0. The number of nitrogen functional groups attached to an aromatic ring is 1. The van der Waals surface area contributed by atoms with E-state index in [0.29, 0.717) is 5.69 Å². The number of fused-ring (bicyclic) bond motifs is 1. The Balaban J connectivity index is 1.62. The van der Waals surface area contributed by atoms with E-state index in [4.69, 9.17) is 10.5 Å².